The van der Waals surface area contributed by atoms with Crippen LogP contribution < -0.4 is 5.32 Å². The van der Waals surface area contributed by atoms with Crippen LogP contribution in [0.5, 0.6) is 0 Å². The maximum atomic E-state index is 12.8. The number of amides is 2. The summed E-state index contributed by atoms with van der Waals surface area (Å²) in [5, 5.41) is 20.6. The zero-order valence-electron chi connectivity index (χ0n) is 12.0. The predicted molar refractivity (Wildman–Crippen MR) is 76.4 cm³/mol. The second kappa shape index (κ2) is 6.61. The van der Waals surface area contributed by atoms with Gasteiger partial charge in [-0.2, -0.15) is 5.26 Å². The van der Waals surface area contributed by atoms with Gasteiger partial charge in [0.1, 0.15) is 12.1 Å². The number of hydrogen-bond acceptors (Lipinski definition) is 3. The summed E-state index contributed by atoms with van der Waals surface area (Å²) >= 11 is 0. The van der Waals surface area contributed by atoms with Crippen molar-refractivity contribution in [3.05, 3.63) is 12.7 Å². The highest BCUT2D eigenvalue weighted by Gasteiger charge is 2.42. The van der Waals surface area contributed by atoms with Crippen molar-refractivity contribution in [1.29, 1.82) is 5.26 Å². The highest BCUT2D eigenvalue weighted by molar-refractivity contribution is 5.86. The molecule has 0 unspecified atom stereocenters. The lowest BCUT2D eigenvalue weighted by molar-refractivity contribution is -0.135. The molecule has 1 saturated carbocycles. The molecular weight excluding hydrogens is 270 g/mol. The first-order valence-corrected chi connectivity index (χ1v) is 7.42. The van der Waals surface area contributed by atoms with Crippen molar-refractivity contribution >= 4 is 12.0 Å². The third-order valence-electron chi connectivity index (χ3n) is 4.52. The number of likely N-dealkylation sites (tertiary alicyclic amines) is 1. The van der Waals surface area contributed by atoms with Gasteiger partial charge in [-0.15, -0.1) is 6.58 Å². The molecule has 3 atom stereocenters. The zero-order chi connectivity index (χ0) is 15.4. The summed E-state index contributed by atoms with van der Waals surface area (Å²) in [6, 6.07) is 0.726. The molecule has 0 spiro atoms. The predicted octanol–water partition coefficient (Wildman–Crippen LogP) is 1.88. The van der Waals surface area contributed by atoms with Gasteiger partial charge in [-0.1, -0.05) is 18.9 Å². The molecule has 2 fully saturated rings. The summed E-state index contributed by atoms with van der Waals surface area (Å²) in [5.41, 5.74) is 0. The summed E-state index contributed by atoms with van der Waals surface area (Å²) in [4.78, 5) is 25.3. The molecule has 1 aliphatic carbocycles. The number of rotatable bonds is 4. The van der Waals surface area contributed by atoms with Gasteiger partial charge >= 0.3 is 6.09 Å². The number of carbonyl (C=O) groups excluding carboxylic acids is 1. The fourth-order valence-corrected chi connectivity index (χ4v) is 3.48. The smallest absolute Gasteiger partial charge is 0.405 e. The molecule has 2 N–H and O–H groups in total. The minimum absolute atomic E-state index is 0.0269. The minimum Gasteiger partial charge on any atom is -0.465 e. The van der Waals surface area contributed by atoms with Crippen LogP contribution in [0, 0.1) is 17.2 Å². The summed E-state index contributed by atoms with van der Waals surface area (Å²) < 4.78 is 0. The molecule has 21 heavy (non-hydrogen) atoms. The van der Waals surface area contributed by atoms with Gasteiger partial charge in [-0.3, -0.25) is 4.79 Å². The van der Waals surface area contributed by atoms with Gasteiger partial charge in [0.15, 0.2) is 0 Å². The van der Waals surface area contributed by atoms with E-state index in [1.54, 1.807) is 6.08 Å². The van der Waals surface area contributed by atoms with Crippen LogP contribution in [-0.4, -0.2) is 40.1 Å². The first-order valence-electron chi connectivity index (χ1n) is 7.42. The maximum Gasteiger partial charge on any atom is 0.405 e. The van der Waals surface area contributed by atoms with E-state index in [0.29, 0.717) is 12.8 Å². The molecule has 2 aliphatic rings. The molecule has 2 rings (SSSR count). The molecule has 0 aromatic heterocycles. The van der Waals surface area contributed by atoms with Gasteiger partial charge in [-0.25, -0.2) is 4.79 Å². The largest absolute Gasteiger partial charge is 0.465 e. The van der Waals surface area contributed by atoms with E-state index >= 15 is 0 Å². The van der Waals surface area contributed by atoms with E-state index < -0.39 is 18.2 Å². The lowest BCUT2D eigenvalue weighted by Crippen LogP contribution is -2.54. The van der Waals surface area contributed by atoms with Crippen molar-refractivity contribution in [2.24, 2.45) is 5.92 Å². The average molecular weight is 291 g/mol. The van der Waals surface area contributed by atoms with Crippen LogP contribution in [0.1, 0.15) is 38.5 Å². The van der Waals surface area contributed by atoms with E-state index in [9.17, 15) is 14.9 Å². The van der Waals surface area contributed by atoms with Crippen molar-refractivity contribution in [2.75, 3.05) is 0 Å². The van der Waals surface area contributed by atoms with Crippen LogP contribution in [0.15, 0.2) is 12.7 Å². The van der Waals surface area contributed by atoms with Gasteiger partial charge in [0, 0.05) is 0 Å². The van der Waals surface area contributed by atoms with Crippen LogP contribution in [0.4, 0.5) is 4.79 Å². The maximum absolute atomic E-state index is 12.8. The second-order valence-corrected chi connectivity index (χ2v) is 5.74. The van der Waals surface area contributed by atoms with Crippen LogP contribution in [0.3, 0.4) is 0 Å². The Kier molecular flexibility index (Phi) is 4.84. The van der Waals surface area contributed by atoms with E-state index in [2.05, 4.69) is 18.0 Å². The average Bonchev–Trinajstić information content (AvgIpc) is 3.12. The Labute approximate surface area is 124 Å². The van der Waals surface area contributed by atoms with E-state index in [1.165, 1.54) is 4.90 Å². The Morgan fingerprint density at radius 2 is 2.00 bits per heavy atom. The number of nitrogens with one attached hydrogen (secondary N) is 1. The topological polar surface area (TPSA) is 93.4 Å². The molecule has 6 heteroatoms. The standard InChI is InChI=1S/C15H21N3O3/c1-2-11-7-8-12(9-16)18(11)14(19)13(17-15(20)21)10-5-3-4-6-10/h2,10-13,17H,1,3-8H2,(H,20,21)/t11-,12-,13-/m0/s1. The molecule has 1 heterocycles. The summed E-state index contributed by atoms with van der Waals surface area (Å²) in [6.45, 7) is 3.72. The molecule has 6 nitrogen and oxygen atoms in total. The molecule has 114 valence electrons. The van der Waals surface area contributed by atoms with Crippen molar-refractivity contribution in [2.45, 2.75) is 56.7 Å². The molecule has 0 aromatic rings. The number of carboxylic acid groups (broad SMARTS) is 1. The molecule has 2 amide bonds. The molecular formula is C15H21N3O3. The van der Waals surface area contributed by atoms with Gasteiger partial charge < -0.3 is 15.3 Å². The van der Waals surface area contributed by atoms with Crippen LogP contribution in [0.2, 0.25) is 0 Å². The van der Waals surface area contributed by atoms with Crippen LogP contribution in [0.25, 0.3) is 0 Å². The van der Waals surface area contributed by atoms with E-state index in [0.717, 1.165) is 25.7 Å². The summed E-state index contributed by atoms with van der Waals surface area (Å²) in [5.74, 6) is -0.253. The van der Waals surface area contributed by atoms with Crippen LogP contribution >= 0.6 is 0 Å². The Morgan fingerprint density at radius 3 is 2.52 bits per heavy atom. The number of carbonyl (C=O) groups is 2. The number of nitriles is 1. The Morgan fingerprint density at radius 1 is 1.33 bits per heavy atom. The lowest BCUT2D eigenvalue weighted by Gasteiger charge is -2.32. The molecule has 1 aliphatic heterocycles. The number of hydrogen-bond donors (Lipinski definition) is 2. The highest BCUT2D eigenvalue weighted by Crippen LogP contribution is 2.32. The lowest BCUT2D eigenvalue weighted by atomic mass is 9.96. The Bertz CT molecular complexity index is 465. The quantitative estimate of drug-likeness (QED) is 0.773. The van der Waals surface area contributed by atoms with E-state index in [-0.39, 0.29) is 17.9 Å². The molecule has 1 saturated heterocycles. The van der Waals surface area contributed by atoms with E-state index in [1.807, 2.05) is 0 Å². The first kappa shape index (κ1) is 15.4. The monoisotopic (exact) mass is 291 g/mol. The summed E-state index contributed by atoms with van der Waals surface area (Å²) in [6.07, 6.45) is 5.53. The number of nitrogens with zero attached hydrogens (tertiary/aromatic N) is 2. The fraction of sp³-hybridized carbons (Fsp3) is 0.667. The highest BCUT2D eigenvalue weighted by atomic mass is 16.4. The molecule has 0 bridgehead atoms. The van der Waals surface area contributed by atoms with E-state index in [4.69, 9.17) is 5.11 Å². The SMILES string of the molecule is C=C[C@H]1CC[C@@H](C#N)N1C(=O)[C@@H](NC(=O)O)C1CCCC1. The third-order valence-corrected chi connectivity index (χ3v) is 4.52. The second-order valence-electron chi connectivity index (χ2n) is 5.74. The molecule has 0 radical (unpaired) electrons. The van der Waals surface area contributed by atoms with Crippen LogP contribution in [-0.2, 0) is 4.79 Å². The van der Waals surface area contributed by atoms with Gasteiger partial charge in [0.2, 0.25) is 5.91 Å². The Hall–Kier alpha value is -2.03. The van der Waals surface area contributed by atoms with Crippen molar-refractivity contribution < 1.29 is 14.7 Å². The third kappa shape index (κ3) is 3.18. The molecule has 0 aromatic carbocycles. The normalized spacial score (nSPS) is 27.1. The van der Waals surface area contributed by atoms with Crippen molar-refractivity contribution in [3.63, 3.8) is 0 Å². The summed E-state index contributed by atoms with van der Waals surface area (Å²) in [7, 11) is 0. The zero-order valence-corrected chi connectivity index (χ0v) is 12.0. The fourth-order valence-electron chi connectivity index (χ4n) is 3.48. The van der Waals surface area contributed by atoms with Crippen molar-refractivity contribution in [1.82, 2.24) is 10.2 Å². The first-order chi connectivity index (χ1) is 10.1. The minimum atomic E-state index is -1.19. The van der Waals surface area contributed by atoms with Crippen molar-refractivity contribution in [3.8, 4) is 6.07 Å². The van der Waals surface area contributed by atoms with Gasteiger partial charge in [0.25, 0.3) is 0 Å². The van der Waals surface area contributed by atoms with Gasteiger partial charge in [-0.05, 0) is 31.6 Å². The van der Waals surface area contributed by atoms with Gasteiger partial charge in [0.05, 0.1) is 12.1 Å². The Balaban J connectivity index is 2.21.